The van der Waals surface area contributed by atoms with Crippen molar-refractivity contribution >= 4 is 22.5 Å². The van der Waals surface area contributed by atoms with Crippen molar-refractivity contribution in [2.45, 2.75) is 20.3 Å². The Labute approximate surface area is 88.7 Å². The molecule has 0 aliphatic rings. The van der Waals surface area contributed by atoms with Gasteiger partial charge in [0.05, 0.1) is 10.5 Å². The van der Waals surface area contributed by atoms with E-state index in [1.54, 1.807) is 0 Å². The lowest BCUT2D eigenvalue weighted by Gasteiger charge is -2.04. The van der Waals surface area contributed by atoms with Crippen LogP contribution in [0.3, 0.4) is 0 Å². The van der Waals surface area contributed by atoms with Gasteiger partial charge in [0.25, 0.3) is 0 Å². The minimum atomic E-state index is 0.817. The molecule has 2 rings (SSSR count). The summed E-state index contributed by atoms with van der Waals surface area (Å²) in [7, 11) is 0. The molecule has 0 fully saturated rings. The van der Waals surface area contributed by atoms with Gasteiger partial charge in [-0.15, -0.1) is 0 Å². The molecule has 0 aliphatic carbocycles. The molecule has 0 radical (unpaired) electrons. The van der Waals surface area contributed by atoms with Crippen molar-refractivity contribution in [2.24, 2.45) is 0 Å². The van der Waals surface area contributed by atoms with Crippen LogP contribution in [0.15, 0.2) is 24.4 Å². The van der Waals surface area contributed by atoms with Gasteiger partial charge < -0.3 is 0 Å². The van der Waals surface area contributed by atoms with Gasteiger partial charge in [0, 0.05) is 11.6 Å². The van der Waals surface area contributed by atoms with E-state index in [1.807, 2.05) is 13.1 Å². The van der Waals surface area contributed by atoms with Crippen LogP contribution < -0.4 is 0 Å². The summed E-state index contributed by atoms with van der Waals surface area (Å²) in [6, 6.07) is 6.26. The molecule has 2 heteroatoms. The zero-order valence-electron chi connectivity index (χ0n) is 8.34. The third kappa shape index (κ3) is 1.48. The van der Waals surface area contributed by atoms with Crippen molar-refractivity contribution in [1.29, 1.82) is 0 Å². The van der Waals surface area contributed by atoms with Crippen LogP contribution in [0.2, 0.25) is 5.02 Å². The van der Waals surface area contributed by atoms with Crippen LogP contribution in [0, 0.1) is 6.92 Å². The Hall–Kier alpha value is -1.08. The maximum Gasteiger partial charge on any atom is 0.0719 e. The molecule has 0 N–H and O–H groups in total. The first kappa shape index (κ1) is 9.47. The molecule has 0 amide bonds. The fraction of sp³-hybridized carbons (Fsp3) is 0.250. The van der Waals surface area contributed by atoms with Gasteiger partial charge in [-0.2, -0.15) is 0 Å². The van der Waals surface area contributed by atoms with Crippen LogP contribution in [-0.2, 0) is 6.42 Å². The molecule has 0 saturated carbocycles. The Morgan fingerprint density at radius 2 is 2.14 bits per heavy atom. The van der Waals surface area contributed by atoms with Crippen LogP contribution in [0.1, 0.15) is 18.1 Å². The maximum atomic E-state index is 6.18. The number of benzene rings is 1. The molecule has 0 aliphatic heterocycles. The summed E-state index contributed by atoms with van der Waals surface area (Å²) in [5.74, 6) is 0. The van der Waals surface area contributed by atoms with Gasteiger partial charge in [0.2, 0.25) is 0 Å². The molecular formula is C12H12ClN. The first-order chi connectivity index (χ1) is 6.72. The average molecular weight is 206 g/mol. The Bertz CT molecular complexity index is 477. The van der Waals surface area contributed by atoms with Crippen LogP contribution in [0.5, 0.6) is 0 Å². The molecule has 0 spiro atoms. The first-order valence-corrected chi connectivity index (χ1v) is 5.14. The zero-order valence-corrected chi connectivity index (χ0v) is 9.10. The van der Waals surface area contributed by atoms with Gasteiger partial charge in [-0.3, -0.25) is 4.98 Å². The van der Waals surface area contributed by atoms with Gasteiger partial charge >= 0.3 is 0 Å². The topological polar surface area (TPSA) is 12.9 Å². The quantitative estimate of drug-likeness (QED) is 0.691. The minimum absolute atomic E-state index is 0.817. The van der Waals surface area contributed by atoms with Crippen molar-refractivity contribution in [3.63, 3.8) is 0 Å². The van der Waals surface area contributed by atoms with Crippen LogP contribution in [0.4, 0.5) is 0 Å². The highest BCUT2D eigenvalue weighted by Gasteiger charge is 2.03. The number of halogens is 1. The largest absolute Gasteiger partial charge is 0.256 e. The van der Waals surface area contributed by atoms with E-state index in [0.29, 0.717) is 0 Å². The summed E-state index contributed by atoms with van der Waals surface area (Å²) in [6.45, 7) is 4.11. The van der Waals surface area contributed by atoms with E-state index in [-0.39, 0.29) is 0 Å². The first-order valence-electron chi connectivity index (χ1n) is 4.76. The van der Waals surface area contributed by atoms with E-state index in [9.17, 15) is 0 Å². The summed E-state index contributed by atoms with van der Waals surface area (Å²) in [6.07, 6.45) is 2.85. The van der Waals surface area contributed by atoms with Crippen molar-refractivity contribution < 1.29 is 0 Å². The average Bonchev–Trinajstić information content (AvgIpc) is 2.23. The lowest BCUT2D eigenvalue weighted by molar-refractivity contribution is 1.14. The Morgan fingerprint density at radius 3 is 2.86 bits per heavy atom. The van der Waals surface area contributed by atoms with E-state index < -0.39 is 0 Å². The Balaban J connectivity index is 2.74. The number of aromatic nitrogens is 1. The molecule has 1 heterocycles. The number of aryl methyl sites for hydroxylation is 2. The molecule has 1 nitrogen and oxygen atoms in total. The van der Waals surface area contributed by atoms with Crippen molar-refractivity contribution in [3.8, 4) is 0 Å². The highest BCUT2D eigenvalue weighted by Crippen LogP contribution is 2.25. The van der Waals surface area contributed by atoms with E-state index in [1.165, 1.54) is 5.56 Å². The number of hydrogen-bond acceptors (Lipinski definition) is 1. The van der Waals surface area contributed by atoms with Crippen molar-refractivity contribution in [3.05, 3.63) is 40.5 Å². The molecule has 2 aromatic rings. The summed E-state index contributed by atoms with van der Waals surface area (Å²) in [5, 5.41) is 1.86. The second-order valence-corrected chi connectivity index (χ2v) is 3.84. The van der Waals surface area contributed by atoms with Gasteiger partial charge in [0.15, 0.2) is 0 Å². The van der Waals surface area contributed by atoms with Gasteiger partial charge in [-0.1, -0.05) is 30.7 Å². The minimum Gasteiger partial charge on any atom is -0.256 e. The summed E-state index contributed by atoms with van der Waals surface area (Å²) in [4.78, 5) is 4.37. The molecule has 1 aromatic heterocycles. The molecule has 0 bridgehead atoms. The van der Waals surface area contributed by atoms with E-state index in [4.69, 9.17) is 11.6 Å². The molecule has 72 valence electrons. The number of nitrogens with zero attached hydrogens (tertiary/aromatic N) is 1. The standard InChI is InChI=1S/C12H12ClN/c1-3-9-4-5-10-11(6-9)14-7-8(2)12(10)13/h4-7H,3H2,1-2H3. The fourth-order valence-corrected chi connectivity index (χ4v) is 1.73. The Morgan fingerprint density at radius 1 is 1.36 bits per heavy atom. The molecule has 14 heavy (non-hydrogen) atoms. The lowest BCUT2D eigenvalue weighted by atomic mass is 10.1. The second kappa shape index (κ2) is 3.58. The Kier molecular flexibility index (Phi) is 2.42. The van der Waals surface area contributed by atoms with E-state index in [0.717, 1.165) is 27.9 Å². The smallest absolute Gasteiger partial charge is 0.0719 e. The van der Waals surface area contributed by atoms with Crippen molar-refractivity contribution in [1.82, 2.24) is 4.98 Å². The number of rotatable bonds is 1. The van der Waals surface area contributed by atoms with Gasteiger partial charge in [-0.25, -0.2) is 0 Å². The van der Waals surface area contributed by atoms with Gasteiger partial charge in [-0.05, 0) is 30.5 Å². The van der Waals surface area contributed by atoms with Crippen LogP contribution in [0.25, 0.3) is 10.9 Å². The highest BCUT2D eigenvalue weighted by molar-refractivity contribution is 6.36. The zero-order chi connectivity index (χ0) is 10.1. The number of pyridine rings is 1. The fourth-order valence-electron chi connectivity index (χ4n) is 1.53. The lowest BCUT2D eigenvalue weighted by Crippen LogP contribution is -1.86. The van der Waals surface area contributed by atoms with Gasteiger partial charge in [0.1, 0.15) is 0 Å². The predicted octanol–water partition coefficient (Wildman–Crippen LogP) is 3.76. The van der Waals surface area contributed by atoms with Crippen LogP contribution >= 0.6 is 11.6 Å². The van der Waals surface area contributed by atoms with Crippen molar-refractivity contribution in [2.75, 3.05) is 0 Å². The summed E-state index contributed by atoms with van der Waals surface area (Å²) < 4.78 is 0. The van der Waals surface area contributed by atoms with Crippen LogP contribution in [-0.4, -0.2) is 4.98 Å². The molecule has 0 saturated heterocycles. The summed E-state index contributed by atoms with van der Waals surface area (Å²) >= 11 is 6.18. The molecule has 1 aromatic carbocycles. The molecule has 0 atom stereocenters. The third-order valence-corrected chi connectivity index (χ3v) is 2.95. The number of fused-ring (bicyclic) bond motifs is 1. The maximum absolute atomic E-state index is 6.18. The normalized spacial score (nSPS) is 10.8. The SMILES string of the molecule is CCc1ccc2c(Cl)c(C)cnc2c1. The van der Waals surface area contributed by atoms with E-state index in [2.05, 4.69) is 30.1 Å². The van der Waals surface area contributed by atoms with E-state index >= 15 is 0 Å². The highest BCUT2D eigenvalue weighted by atomic mass is 35.5. The third-order valence-electron chi connectivity index (χ3n) is 2.45. The monoisotopic (exact) mass is 205 g/mol. The molecular weight excluding hydrogens is 194 g/mol. The number of hydrogen-bond donors (Lipinski definition) is 0. The second-order valence-electron chi connectivity index (χ2n) is 3.46. The summed E-state index contributed by atoms with van der Waals surface area (Å²) in [5.41, 5.74) is 3.31. The predicted molar refractivity (Wildman–Crippen MR) is 60.9 cm³/mol. The molecule has 0 unspecified atom stereocenters.